The normalized spacial score (nSPS) is 13.6. The summed E-state index contributed by atoms with van der Waals surface area (Å²) in [5, 5.41) is 21.5. The molecule has 0 unspecified atom stereocenters. The molecule has 0 N–H and O–H groups in total. The molecule has 0 amide bonds. The Balaban J connectivity index is 1.63. The van der Waals surface area contributed by atoms with Gasteiger partial charge in [0.25, 0.3) is 5.90 Å². The van der Waals surface area contributed by atoms with Crippen LogP contribution in [0.15, 0.2) is 54.0 Å². The van der Waals surface area contributed by atoms with E-state index in [1.165, 1.54) is 0 Å². The molecule has 0 radical (unpaired) electrons. The van der Waals surface area contributed by atoms with Crippen LogP contribution in [0.1, 0.15) is 5.69 Å². The molecule has 0 saturated carbocycles. The van der Waals surface area contributed by atoms with Crippen molar-refractivity contribution in [2.45, 2.75) is 0 Å². The van der Waals surface area contributed by atoms with Crippen molar-refractivity contribution in [3.05, 3.63) is 54.6 Å². The molecule has 23 heavy (non-hydrogen) atoms. The number of nitrogens with zero attached hydrogens (tertiary/aromatic N) is 8. The first-order valence-electron chi connectivity index (χ1n) is 6.78. The number of hydrogen-bond donors (Lipinski definition) is 0. The molecule has 0 aromatic carbocycles. The summed E-state index contributed by atoms with van der Waals surface area (Å²) in [5.74, 6) is 0.790. The molecule has 4 heterocycles. The second-order valence-corrected chi connectivity index (χ2v) is 4.54. The van der Waals surface area contributed by atoms with Crippen LogP contribution in [0.2, 0.25) is 0 Å². The Labute approximate surface area is 130 Å². The Morgan fingerprint density at radius 3 is 2.39 bits per heavy atom. The third-order valence-electron chi connectivity index (χ3n) is 3.03. The molecule has 3 aromatic rings. The fourth-order valence-corrected chi connectivity index (χ4v) is 1.99. The first-order valence-corrected chi connectivity index (χ1v) is 6.78. The topological polar surface area (TPSA) is 102 Å². The third-order valence-corrected chi connectivity index (χ3v) is 3.03. The Hall–Kier alpha value is -3.49. The minimum atomic E-state index is 0.204. The van der Waals surface area contributed by atoms with E-state index in [9.17, 15) is 0 Å². The monoisotopic (exact) mass is 306 g/mol. The zero-order valence-corrected chi connectivity index (χ0v) is 11.8. The van der Waals surface area contributed by atoms with E-state index in [0.29, 0.717) is 28.9 Å². The van der Waals surface area contributed by atoms with E-state index >= 15 is 0 Å². The Bertz CT molecular complexity index is 840. The Morgan fingerprint density at radius 2 is 1.65 bits per heavy atom. The van der Waals surface area contributed by atoms with Crippen molar-refractivity contribution < 1.29 is 4.74 Å². The largest absolute Gasteiger partial charge is 0.452 e. The minimum Gasteiger partial charge on any atom is -0.452 e. The summed E-state index contributed by atoms with van der Waals surface area (Å²) < 4.78 is 5.52. The van der Waals surface area contributed by atoms with Crippen LogP contribution in [-0.2, 0) is 4.74 Å². The van der Waals surface area contributed by atoms with Crippen molar-refractivity contribution in [2.75, 3.05) is 11.7 Å². The molecule has 9 nitrogen and oxygen atoms in total. The summed E-state index contributed by atoms with van der Waals surface area (Å²) in [6.07, 6.45) is 4.84. The van der Waals surface area contributed by atoms with Crippen LogP contribution in [0, 0.1) is 0 Å². The number of aromatic nitrogens is 6. The molecular formula is C14H10N8O. The molecule has 3 aromatic heterocycles. The molecule has 0 spiro atoms. The van der Waals surface area contributed by atoms with E-state index in [1.807, 2.05) is 6.07 Å². The summed E-state index contributed by atoms with van der Waals surface area (Å²) in [6.45, 7) is 0.204. The van der Waals surface area contributed by atoms with Gasteiger partial charge >= 0.3 is 0 Å². The van der Waals surface area contributed by atoms with Gasteiger partial charge in [-0.05, 0) is 30.3 Å². The van der Waals surface area contributed by atoms with Crippen LogP contribution >= 0.6 is 0 Å². The number of rotatable bonds is 3. The molecule has 4 rings (SSSR count). The molecule has 112 valence electrons. The SMILES string of the molecule is c1cnnc(C2=NN(c3nccc(-c4cccnn4)n3)CO2)c1. The van der Waals surface area contributed by atoms with Gasteiger partial charge in [0, 0.05) is 18.6 Å². The molecule has 0 bridgehead atoms. The van der Waals surface area contributed by atoms with Crippen molar-refractivity contribution >= 4 is 11.8 Å². The van der Waals surface area contributed by atoms with Crippen LogP contribution < -0.4 is 5.01 Å². The molecule has 0 atom stereocenters. The van der Waals surface area contributed by atoms with E-state index in [-0.39, 0.29) is 6.73 Å². The van der Waals surface area contributed by atoms with Crippen LogP contribution in [-0.4, -0.2) is 43.0 Å². The molecule has 1 aliphatic heterocycles. The number of ether oxygens (including phenoxy) is 1. The van der Waals surface area contributed by atoms with Crippen molar-refractivity contribution in [1.29, 1.82) is 0 Å². The molecule has 0 saturated heterocycles. The van der Waals surface area contributed by atoms with Crippen LogP contribution in [0.4, 0.5) is 5.95 Å². The van der Waals surface area contributed by atoms with E-state index in [2.05, 4.69) is 35.5 Å². The van der Waals surface area contributed by atoms with Gasteiger partial charge in [-0.3, -0.25) is 0 Å². The Morgan fingerprint density at radius 1 is 0.870 bits per heavy atom. The minimum absolute atomic E-state index is 0.204. The lowest BCUT2D eigenvalue weighted by atomic mass is 10.3. The predicted octanol–water partition coefficient (Wildman–Crippen LogP) is 0.879. The van der Waals surface area contributed by atoms with Crippen molar-refractivity contribution in [2.24, 2.45) is 5.10 Å². The van der Waals surface area contributed by atoms with Gasteiger partial charge in [-0.1, -0.05) is 0 Å². The van der Waals surface area contributed by atoms with E-state index < -0.39 is 0 Å². The zero-order valence-electron chi connectivity index (χ0n) is 11.8. The van der Waals surface area contributed by atoms with Crippen LogP contribution in [0.25, 0.3) is 11.4 Å². The third kappa shape index (κ3) is 2.67. The second kappa shape index (κ2) is 5.72. The molecule has 0 fully saturated rings. The van der Waals surface area contributed by atoms with Crippen molar-refractivity contribution in [3.8, 4) is 11.4 Å². The summed E-state index contributed by atoms with van der Waals surface area (Å²) >= 11 is 0. The average molecular weight is 306 g/mol. The standard InChI is InChI=1S/C14H10N8O/c1-3-11(19-16-6-1)10-5-8-15-14(18-10)22-9-23-13(21-22)12-4-2-7-17-20-12/h1-8H,9H2. The van der Waals surface area contributed by atoms with Crippen LogP contribution in [0.3, 0.4) is 0 Å². The van der Waals surface area contributed by atoms with Crippen molar-refractivity contribution in [3.63, 3.8) is 0 Å². The Kier molecular flexibility index (Phi) is 3.28. The smallest absolute Gasteiger partial charge is 0.261 e. The maximum absolute atomic E-state index is 5.52. The first-order chi connectivity index (χ1) is 11.4. The summed E-state index contributed by atoms with van der Waals surface area (Å²) in [7, 11) is 0. The van der Waals surface area contributed by atoms with Gasteiger partial charge in [0.2, 0.25) is 5.95 Å². The second-order valence-electron chi connectivity index (χ2n) is 4.54. The molecular weight excluding hydrogens is 296 g/mol. The zero-order chi connectivity index (χ0) is 15.5. The highest BCUT2D eigenvalue weighted by Gasteiger charge is 2.22. The van der Waals surface area contributed by atoms with Gasteiger partial charge in [-0.25, -0.2) is 9.97 Å². The highest BCUT2D eigenvalue weighted by atomic mass is 16.5. The highest BCUT2D eigenvalue weighted by Crippen LogP contribution is 2.19. The number of hydrazone groups is 1. The van der Waals surface area contributed by atoms with Gasteiger partial charge in [0.1, 0.15) is 11.4 Å². The molecule has 0 aliphatic carbocycles. The predicted molar refractivity (Wildman–Crippen MR) is 80.1 cm³/mol. The summed E-state index contributed by atoms with van der Waals surface area (Å²) in [4.78, 5) is 8.66. The van der Waals surface area contributed by atoms with Crippen molar-refractivity contribution in [1.82, 2.24) is 30.4 Å². The fraction of sp³-hybridized carbons (Fsp3) is 0.0714. The van der Waals surface area contributed by atoms with E-state index in [1.54, 1.807) is 47.9 Å². The lowest BCUT2D eigenvalue weighted by Gasteiger charge is -2.09. The van der Waals surface area contributed by atoms with Gasteiger partial charge in [-0.15, -0.1) is 15.3 Å². The quantitative estimate of drug-likeness (QED) is 0.702. The number of hydrogen-bond acceptors (Lipinski definition) is 9. The molecule has 1 aliphatic rings. The van der Waals surface area contributed by atoms with Gasteiger partial charge in [0.05, 0.1) is 5.69 Å². The first kappa shape index (κ1) is 13.2. The lowest BCUT2D eigenvalue weighted by Crippen LogP contribution is -2.16. The maximum atomic E-state index is 5.52. The van der Waals surface area contributed by atoms with Crippen LogP contribution in [0.5, 0.6) is 0 Å². The molecule has 9 heteroatoms. The lowest BCUT2D eigenvalue weighted by molar-refractivity contribution is 0.335. The van der Waals surface area contributed by atoms with Gasteiger partial charge < -0.3 is 4.74 Å². The average Bonchev–Trinajstić information content (AvgIpc) is 3.14. The highest BCUT2D eigenvalue weighted by molar-refractivity contribution is 5.93. The van der Waals surface area contributed by atoms with E-state index in [0.717, 1.165) is 0 Å². The van der Waals surface area contributed by atoms with Gasteiger partial charge in [-0.2, -0.15) is 15.2 Å². The number of anilines is 1. The fourth-order valence-electron chi connectivity index (χ4n) is 1.99. The maximum Gasteiger partial charge on any atom is 0.261 e. The summed E-state index contributed by atoms with van der Waals surface area (Å²) in [6, 6.07) is 8.92. The van der Waals surface area contributed by atoms with E-state index in [4.69, 9.17) is 4.74 Å². The summed E-state index contributed by atoms with van der Waals surface area (Å²) in [5.41, 5.74) is 1.88. The van der Waals surface area contributed by atoms with Gasteiger partial charge in [0.15, 0.2) is 6.73 Å².